The molecule has 6 heteroatoms. The topological polar surface area (TPSA) is 67.3 Å². The minimum Gasteiger partial charge on any atom is -0.493 e. The van der Waals surface area contributed by atoms with Crippen molar-refractivity contribution >= 4 is 28.3 Å². The molecule has 0 aliphatic carbocycles. The van der Waals surface area contributed by atoms with E-state index in [0.717, 1.165) is 29.7 Å². The van der Waals surface area contributed by atoms with Gasteiger partial charge in [-0.05, 0) is 36.6 Å². The lowest BCUT2D eigenvalue weighted by Crippen LogP contribution is -2.20. The molecule has 27 heavy (non-hydrogen) atoms. The van der Waals surface area contributed by atoms with Crippen molar-refractivity contribution in [1.82, 2.24) is 9.97 Å². The van der Waals surface area contributed by atoms with Crippen LogP contribution in [0.2, 0.25) is 0 Å². The van der Waals surface area contributed by atoms with E-state index in [0.29, 0.717) is 23.7 Å². The molecule has 1 saturated heterocycles. The van der Waals surface area contributed by atoms with Gasteiger partial charge >= 0.3 is 0 Å². The lowest BCUT2D eigenvalue weighted by atomic mass is 10.0. The average molecular weight is 362 g/mol. The van der Waals surface area contributed by atoms with Crippen molar-refractivity contribution in [3.05, 3.63) is 54.4 Å². The largest absolute Gasteiger partial charge is 0.493 e. The lowest BCUT2D eigenvalue weighted by Gasteiger charge is -2.17. The third-order valence-corrected chi connectivity index (χ3v) is 4.74. The van der Waals surface area contributed by atoms with E-state index in [1.165, 1.54) is 19.2 Å². The Morgan fingerprint density at radius 3 is 2.78 bits per heavy atom. The van der Waals surface area contributed by atoms with Crippen LogP contribution in [-0.2, 0) is 0 Å². The number of benzene rings is 2. The van der Waals surface area contributed by atoms with Crippen LogP contribution in [0.25, 0.3) is 10.8 Å². The van der Waals surface area contributed by atoms with Gasteiger partial charge in [-0.3, -0.25) is 4.79 Å². The quantitative estimate of drug-likeness (QED) is 0.746. The number of hydrogen-bond acceptors (Lipinski definition) is 5. The van der Waals surface area contributed by atoms with Gasteiger partial charge in [0.15, 0.2) is 0 Å². The molecule has 1 amide bonds. The number of carbonyl (C=O) groups excluding carboxylic acids is 1. The molecule has 6 nitrogen and oxygen atoms in total. The Bertz CT molecular complexity index is 967. The van der Waals surface area contributed by atoms with Crippen LogP contribution in [0, 0.1) is 0 Å². The molecule has 1 fully saturated rings. The summed E-state index contributed by atoms with van der Waals surface area (Å²) in [5.41, 5.74) is 0.524. The van der Waals surface area contributed by atoms with Gasteiger partial charge in [0.1, 0.15) is 23.7 Å². The zero-order chi connectivity index (χ0) is 18.6. The van der Waals surface area contributed by atoms with E-state index in [2.05, 4.69) is 20.2 Å². The standard InChI is InChI=1S/C21H22N4O2/c1-2-27-17-10-9-15-7-3-4-8-16(15)20(17)21(26)24-18-13-19(23-14-22-18)25-11-5-6-12-25/h3-4,7-10,13-14H,2,5-6,11-12H2,1H3,(H,22,23,24,26). The summed E-state index contributed by atoms with van der Waals surface area (Å²) in [4.78, 5) is 23.9. The number of hydrogen-bond donors (Lipinski definition) is 1. The van der Waals surface area contributed by atoms with Crippen LogP contribution in [0.5, 0.6) is 5.75 Å². The SMILES string of the molecule is CCOc1ccc2ccccc2c1C(=O)Nc1cc(N2CCCC2)ncn1. The average Bonchev–Trinajstić information content (AvgIpc) is 3.23. The van der Waals surface area contributed by atoms with E-state index in [4.69, 9.17) is 4.74 Å². The Morgan fingerprint density at radius 2 is 1.96 bits per heavy atom. The molecule has 1 aliphatic heterocycles. The fraction of sp³-hybridized carbons (Fsp3) is 0.286. The second-order valence-corrected chi connectivity index (χ2v) is 6.50. The van der Waals surface area contributed by atoms with Gasteiger partial charge in [-0.1, -0.05) is 30.3 Å². The van der Waals surface area contributed by atoms with E-state index in [9.17, 15) is 4.79 Å². The first-order chi connectivity index (χ1) is 13.3. The molecule has 2 heterocycles. The zero-order valence-electron chi connectivity index (χ0n) is 15.3. The van der Waals surface area contributed by atoms with Crippen LogP contribution in [0.3, 0.4) is 0 Å². The summed E-state index contributed by atoms with van der Waals surface area (Å²) in [6.07, 6.45) is 3.83. The molecule has 0 radical (unpaired) electrons. The maximum absolute atomic E-state index is 13.1. The number of fused-ring (bicyclic) bond motifs is 1. The van der Waals surface area contributed by atoms with E-state index in [-0.39, 0.29) is 5.91 Å². The van der Waals surface area contributed by atoms with Gasteiger partial charge in [-0.25, -0.2) is 9.97 Å². The summed E-state index contributed by atoms with van der Waals surface area (Å²) >= 11 is 0. The van der Waals surface area contributed by atoms with Crippen LogP contribution < -0.4 is 15.0 Å². The molecule has 2 aromatic carbocycles. The van der Waals surface area contributed by atoms with Crippen LogP contribution in [0.15, 0.2) is 48.8 Å². The van der Waals surface area contributed by atoms with Crippen LogP contribution in [0.1, 0.15) is 30.1 Å². The predicted molar refractivity (Wildman–Crippen MR) is 107 cm³/mol. The first-order valence-electron chi connectivity index (χ1n) is 9.29. The maximum Gasteiger partial charge on any atom is 0.261 e. The Balaban J connectivity index is 1.67. The summed E-state index contributed by atoms with van der Waals surface area (Å²) in [6.45, 7) is 4.37. The zero-order valence-corrected chi connectivity index (χ0v) is 15.3. The van der Waals surface area contributed by atoms with Crippen LogP contribution in [-0.4, -0.2) is 35.6 Å². The summed E-state index contributed by atoms with van der Waals surface area (Å²) in [7, 11) is 0. The third-order valence-electron chi connectivity index (χ3n) is 4.74. The number of anilines is 2. The van der Waals surface area contributed by atoms with Crippen molar-refractivity contribution in [2.75, 3.05) is 29.9 Å². The smallest absolute Gasteiger partial charge is 0.261 e. The van der Waals surface area contributed by atoms with E-state index < -0.39 is 0 Å². The van der Waals surface area contributed by atoms with E-state index >= 15 is 0 Å². The minimum absolute atomic E-state index is 0.235. The fourth-order valence-corrected chi connectivity index (χ4v) is 3.47. The highest BCUT2D eigenvalue weighted by molar-refractivity contribution is 6.14. The Morgan fingerprint density at radius 1 is 1.15 bits per heavy atom. The third kappa shape index (κ3) is 3.56. The second-order valence-electron chi connectivity index (χ2n) is 6.50. The molecular weight excluding hydrogens is 340 g/mol. The van der Waals surface area contributed by atoms with Gasteiger partial charge < -0.3 is 15.0 Å². The first kappa shape index (κ1) is 17.3. The van der Waals surface area contributed by atoms with Gasteiger partial charge in [0.25, 0.3) is 5.91 Å². The number of nitrogens with one attached hydrogen (secondary N) is 1. The molecule has 0 bridgehead atoms. The summed E-state index contributed by atoms with van der Waals surface area (Å²) in [5, 5.41) is 4.76. The molecule has 0 spiro atoms. The number of carbonyl (C=O) groups is 1. The van der Waals surface area contributed by atoms with Crippen molar-refractivity contribution < 1.29 is 9.53 Å². The molecule has 4 rings (SSSR count). The van der Waals surface area contributed by atoms with Gasteiger partial charge in [-0.15, -0.1) is 0 Å². The molecule has 0 atom stereocenters. The molecule has 1 N–H and O–H groups in total. The monoisotopic (exact) mass is 362 g/mol. The maximum atomic E-state index is 13.1. The van der Waals surface area contributed by atoms with Gasteiger partial charge in [0, 0.05) is 19.2 Å². The number of amides is 1. The second kappa shape index (κ2) is 7.61. The van der Waals surface area contributed by atoms with Crippen molar-refractivity contribution in [3.63, 3.8) is 0 Å². The van der Waals surface area contributed by atoms with Crippen molar-refractivity contribution in [2.24, 2.45) is 0 Å². The van der Waals surface area contributed by atoms with Crippen LogP contribution >= 0.6 is 0 Å². The number of nitrogens with zero attached hydrogens (tertiary/aromatic N) is 3. The number of ether oxygens (including phenoxy) is 1. The Kier molecular flexibility index (Phi) is 4.87. The minimum atomic E-state index is -0.235. The highest BCUT2D eigenvalue weighted by Crippen LogP contribution is 2.29. The van der Waals surface area contributed by atoms with Gasteiger partial charge in [0.05, 0.1) is 12.2 Å². The van der Waals surface area contributed by atoms with E-state index in [1.54, 1.807) is 0 Å². The molecular formula is C21H22N4O2. The molecule has 138 valence electrons. The highest BCUT2D eigenvalue weighted by Gasteiger charge is 2.19. The lowest BCUT2D eigenvalue weighted by molar-refractivity contribution is 0.102. The Labute approximate surface area is 158 Å². The fourth-order valence-electron chi connectivity index (χ4n) is 3.47. The highest BCUT2D eigenvalue weighted by atomic mass is 16.5. The number of rotatable bonds is 5. The Hall–Kier alpha value is -3.15. The summed E-state index contributed by atoms with van der Waals surface area (Å²) < 4.78 is 5.71. The first-order valence-corrected chi connectivity index (χ1v) is 9.29. The summed E-state index contributed by atoms with van der Waals surface area (Å²) in [5.74, 6) is 1.68. The van der Waals surface area contributed by atoms with E-state index in [1.807, 2.05) is 49.4 Å². The van der Waals surface area contributed by atoms with Crippen molar-refractivity contribution in [2.45, 2.75) is 19.8 Å². The molecule has 1 aliphatic rings. The number of aromatic nitrogens is 2. The normalized spacial score (nSPS) is 13.7. The molecule has 0 saturated carbocycles. The van der Waals surface area contributed by atoms with Crippen molar-refractivity contribution in [1.29, 1.82) is 0 Å². The van der Waals surface area contributed by atoms with Gasteiger partial charge in [-0.2, -0.15) is 0 Å². The van der Waals surface area contributed by atoms with Crippen LogP contribution in [0.4, 0.5) is 11.6 Å². The summed E-state index contributed by atoms with van der Waals surface area (Å²) in [6, 6.07) is 13.4. The molecule has 3 aromatic rings. The molecule has 0 unspecified atom stereocenters. The predicted octanol–water partition coefficient (Wildman–Crippen LogP) is 3.88. The van der Waals surface area contributed by atoms with Gasteiger partial charge in [0.2, 0.25) is 0 Å². The molecule has 1 aromatic heterocycles. The van der Waals surface area contributed by atoms with Crippen molar-refractivity contribution in [3.8, 4) is 5.75 Å².